The lowest BCUT2D eigenvalue weighted by molar-refractivity contribution is 0.233. The van der Waals surface area contributed by atoms with Gasteiger partial charge in [-0.15, -0.1) is 6.58 Å². The summed E-state index contributed by atoms with van der Waals surface area (Å²) in [6.45, 7) is 3.46. The number of hydrogen-bond acceptors (Lipinski definition) is 2. The predicted octanol–water partition coefficient (Wildman–Crippen LogP) is 0.649. The molecule has 1 saturated heterocycles. The van der Waals surface area contributed by atoms with Crippen LogP contribution in [-0.2, 0) is 0 Å². The molecule has 1 fully saturated rings. The Labute approximate surface area is 47.4 Å². The molecule has 0 amide bonds. The fourth-order valence-electron chi connectivity index (χ4n) is 0.405. The van der Waals surface area contributed by atoms with Crippen LogP contribution < -0.4 is 0 Å². The molecule has 0 aromatic carbocycles. The molecule has 1 rings (SSSR count). The van der Waals surface area contributed by atoms with E-state index < -0.39 is 0 Å². The lowest BCUT2D eigenvalue weighted by Crippen LogP contribution is -2.07. The Morgan fingerprint density at radius 2 is 2.57 bits per heavy atom. The Bertz CT molecular complexity index is 78.1. The van der Waals surface area contributed by atoms with Gasteiger partial charge in [0.2, 0.25) is 0 Å². The molecule has 40 valence electrons. The van der Waals surface area contributed by atoms with E-state index in [-0.39, 0.29) is 6.10 Å². The van der Waals surface area contributed by atoms with Gasteiger partial charge >= 0.3 is 0 Å². The molecule has 0 aromatic heterocycles. The summed E-state index contributed by atoms with van der Waals surface area (Å²) in [6.07, 6.45) is 1.33. The molecule has 1 N–H and O–H groups in total. The van der Waals surface area contributed by atoms with Gasteiger partial charge in [-0.05, 0) is 0 Å². The normalized spacial score (nSPS) is 31.9. The minimum absolute atomic E-state index is 0.259. The van der Waals surface area contributed by atoms with Gasteiger partial charge in [-0.1, -0.05) is 6.08 Å². The van der Waals surface area contributed by atoms with Crippen molar-refractivity contribution in [2.45, 2.75) is 11.4 Å². The van der Waals surface area contributed by atoms with Gasteiger partial charge in [-0.25, -0.2) is 0 Å². The Morgan fingerprint density at radius 3 is 2.71 bits per heavy atom. The van der Waals surface area contributed by atoms with E-state index >= 15 is 0 Å². The number of rotatable bonds is 2. The molecule has 0 saturated carbocycles. The lowest BCUT2D eigenvalue weighted by atomic mass is 10.3. The quantitative estimate of drug-likeness (QED) is 0.422. The maximum Gasteiger partial charge on any atom is 0.0844 e. The molecular weight excluding hydrogens is 108 g/mol. The van der Waals surface area contributed by atoms with Gasteiger partial charge in [0.25, 0.3) is 0 Å². The van der Waals surface area contributed by atoms with Gasteiger partial charge in [-0.2, -0.15) is 11.8 Å². The van der Waals surface area contributed by atoms with Crippen LogP contribution >= 0.6 is 11.8 Å². The van der Waals surface area contributed by atoms with E-state index in [4.69, 9.17) is 5.11 Å². The third kappa shape index (κ3) is 1.21. The average molecular weight is 116 g/mol. The molecule has 1 aliphatic rings. The van der Waals surface area contributed by atoms with E-state index in [0.29, 0.717) is 5.25 Å². The molecule has 0 aliphatic carbocycles. The van der Waals surface area contributed by atoms with Crippen LogP contribution in [0, 0.1) is 0 Å². The van der Waals surface area contributed by atoms with Gasteiger partial charge in [0, 0.05) is 11.0 Å². The standard InChI is InChI=1S/C5H8OS/c1-2-4(6)5-3-7-5/h2,4-6H,1,3H2. The van der Waals surface area contributed by atoms with Gasteiger partial charge < -0.3 is 5.11 Å². The van der Waals surface area contributed by atoms with Gasteiger partial charge in [0.1, 0.15) is 0 Å². The van der Waals surface area contributed by atoms with Crippen molar-refractivity contribution in [3.05, 3.63) is 12.7 Å². The average Bonchev–Trinajstić information content (AvgIpc) is 2.44. The fourth-order valence-corrected chi connectivity index (χ4v) is 1.02. The van der Waals surface area contributed by atoms with Crippen LogP contribution in [-0.4, -0.2) is 22.2 Å². The minimum atomic E-state index is -0.259. The Hall–Kier alpha value is 0.0500. The van der Waals surface area contributed by atoms with Crippen molar-refractivity contribution < 1.29 is 5.11 Å². The van der Waals surface area contributed by atoms with E-state index in [1.165, 1.54) is 0 Å². The second-order valence-electron chi connectivity index (χ2n) is 1.60. The molecule has 7 heavy (non-hydrogen) atoms. The van der Waals surface area contributed by atoms with E-state index in [0.717, 1.165) is 5.75 Å². The zero-order valence-corrected chi connectivity index (χ0v) is 4.82. The van der Waals surface area contributed by atoms with Gasteiger partial charge in [-0.3, -0.25) is 0 Å². The smallest absolute Gasteiger partial charge is 0.0844 e. The van der Waals surface area contributed by atoms with Crippen LogP contribution in [0.15, 0.2) is 12.7 Å². The molecular formula is C5H8OS. The molecule has 0 radical (unpaired) electrons. The summed E-state index contributed by atoms with van der Waals surface area (Å²) in [7, 11) is 0. The first kappa shape index (κ1) is 5.19. The first-order valence-electron chi connectivity index (χ1n) is 2.27. The van der Waals surface area contributed by atoms with Crippen LogP contribution in [0.4, 0.5) is 0 Å². The van der Waals surface area contributed by atoms with Crippen LogP contribution in [0.2, 0.25) is 0 Å². The van der Waals surface area contributed by atoms with Gasteiger partial charge in [0.05, 0.1) is 6.10 Å². The Morgan fingerprint density at radius 1 is 2.00 bits per heavy atom. The van der Waals surface area contributed by atoms with E-state index in [1.54, 1.807) is 17.8 Å². The highest BCUT2D eigenvalue weighted by molar-refractivity contribution is 8.06. The monoisotopic (exact) mass is 116 g/mol. The topological polar surface area (TPSA) is 20.2 Å². The van der Waals surface area contributed by atoms with Crippen molar-refractivity contribution in [2.75, 3.05) is 5.75 Å². The summed E-state index contributed by atoms with van der Waals surface area (Å²) >= 11 is 1.78. The third-order valence-corrected chi connectivity index (χ3v) is 1.98. The van der Waals surface area contributed by atoms with Crippen LogP contribution in [0.25, 0.3) is 0 Å². The second-order valence-corrected chi connectivity index (χ2v) is 2.87. The molecule has 1 heterocycles. The van der Waals surface area contributed by atoms with E-state index in [1.807, 2.05) is 0 Å². The summed E-state index contributed by atoms with van der Waals surface area (Å²) in [5, 5.41) is 9.33. The van der Waals surface area contributed by atoms with Crippen LogP contribution in [0.5, 0.6) is 0 Å². The second kappa shape index (κ2) is 1.88. The summed E-state index contributed by atoms with van der Waals surface area (Å²) in [5.41, 5.74) is 0. The number of thioether (sulfide) groups is 1. The summed E-state index contributed by atoms with van der Waals surface area (Å²) < 4.78 is 0. The van der Waals surface area contributed by atoms with Crippen molar-refractivity contribution in [3.63, 3.8) is 0 Å². The fraction of sp³-hybridized carbons (Fsp3) is 0.600. The van der Waals surface area contributed by atoms with Crippen molar-refractivity contribution in [1.82, 2.24) is 0 Å². The molecule has 0 aromatic rings. The maximum atomic E-state index is 8.86. The highest BCUT2D eigenvalue weighted by Gasteiger charge is 2.28. The number of hydrogen-bond donors (Lipinski definition) is 1. The first-order chi connectivity index (χ1) is 3.34. The predicted molar refractivity (Wildman–Crippen MR) is 32.4 cm³/mol. The zero-order valence-electron chi connectivity index (χ0n) is 4.00. The van der Waals surface area contributed by atoms with Crippen molar-refractivity contribution in [2.24, 2.45) is 0 Å². The number of aliphatic hydroxyl groups excluding tert-OH is 1. The Balaban J connectivity index is 2.22. The minimum Gasteiger partial charge on any atom is -0.388 e. The maximum absolute atomic E-state index is 8.86. The van der Waals surface area contributed by atoms with Crippen LogP contribution in [0.1, 0.15) is 0 Å². The molecule has 0 bridgehead atoms. The molecule has 2 heteroatoms. The van der Waals surface area contributed by atoms with E-state index in [2.05, 4.69) is 6.58 Å². The summed E-state index contributed by atoms with van der Waals surface area (Å²) in [6, 6.07) is 0. The largest absolute Gasteiger partial charge is 0.388 e. The third-order valence-electron chi connectivity index (χ3n) is 0.982. The highest BCUT2D eigenvalue weighted by Crippen LogP contribution is 2.33. The first-order valence-corrected chi connectivity index (χ1v) is 3.31. The molecule has 2 atom stereocenters. The SMILES string of the molecule is C=CC(O)C1CS1. The lowest BCUT2D eigenvalue weighted by Gasteiger charge is -1.95. The molecule has 2 unspecified atom stereocenters. The molecule has 0 spiro atoms. The van der Waals surface area contributed by atoms with Crippen molar-refractivity contribution in [3.8, 4) is 0 Å². The Kier molecular flexibility index (Phi) is 1.40. The zero-order chi connectivity index (χ0) is 5.28. The summed E-state index contributed by atoms with van der Waals surface area (Å²) in [4.78, 5) is 0. The highest BCUT2D eigenvalue weighted by atomic mass is 32.2. The number of aliphatic hydroxyl groups is 1. The van der Waals surface area contributed by atoms with Crippen molar-refractivity contribution in [1.29, 1.82) is 0 Å². The van der Waals surface area contributed by atoms with Gasteiger partial charge in [0.15, 0.2) is 0 Å². The molecule has 1 nitrogen and oxygen atoms in total. The molecule has 1 aliphatic heterocycles. The van der Waals surface area contributed by atoms with E-state index in [9.17, 15) is 0 Å². The summed E-state index contributed by atoms with van der Waals surface area (Å²) in [5.74, 6) is 1.10. The van der Waals surface area contributed by atoms with Crippen molar-refractivity contribution >= 4 is 11.8 Å². The van der Waals surface area contributed by atoms with Crippen LogP contribution in [0.3, 0.4) is 0 Å².